The number of hydrogen-bond acceptors (Lipinski definition) is 2. The van der Waals surface area contributed by atoms with Gasteiger partial charge in [0.25, 0.3) is 0 Å². The minimum absolute atomic E-state index is 0.770. The Morgan fingerprint density at radius 3 is 2.69 bits per heavy atom. The Hall–Kier alpha value is -0.520. The van der Waals surface area contributed by atoms with Crippen LogP contribution in [0.1, 0.15) is 19.3 Å². The van der Waals surface area contributed by atoms with Crippen molar-refractivity contribution in [2.24, 2.45) is 5.92 Å². The molecule has 0 radical (unpaired) electrons. The molecule has 0 aromatic carbocycles. The molecule has 1 fully saturated rings. The number of rotatable bonds is 4. The van der Waals surface area contributed by atoms with E-state index in [2.05, 4.69) is 10.8 Å². The van der Waals surface area contributed by atoms with Crippen LogP contribution in [0.5, 0.6) is 0 Å². The third kappa shape index (κ3) is 3.80. The van der Waals surface area contributed by atoms with E-state index in [4.69, 9.17) is 11.2 Å². The van der Waals surface area contributed by atoms with E-state index in [0.717, 1.165) is 25.5 Å². The van der Waals surface area contributed by atoms with Crippen LogP contribution in [-0.4, -0.2) is 38.3 Å². The lowest BCUT2D eigenvalue weighted by Gasteiger charge is -2.30. The van der Waals surface area contributed by atoms with Crippen LogP contribution in [0.2, 0.25) is 0 Å². The summed E-state index contributed by atoms with van der Waals surface area (Å²) in [6.07, 6.45) is 8.63. The van der Waals surface area contributed by atoms with Crippen molar-refractivity contribution in [1.29, 1.82) is 0 Å². The maximum Gasteiger partial charge on any atom is 0.0491 e. The van der Waals surface area contributed by atoms with Crippen LogP contribution in [0, 0.1) is 18.3 Å². The van der Waals surface area contributed by atoms with E-state index in [-0.39, 0.29) is 0 Å². The molecule has 0 aromatic heterocycles. The Kier molecular flexibility index (Phi) is 4.88. The van der Waals surface area contributed by atoms with E-state index in [1.165, 1.54) is 25.9 Å². The summed E-state index contributed by atoms with van der Waals surface area (Å²) in [5, 5.41) is 0. The molecule has 0 saturated carbocycles. The van der Waals surface area contributed by atoms with Gasteiger partial charge in [0.15, 0.2) is 0 Å². The molecule has 0 aliphatic carbocycles. The van der Waals surface area contributed by atoms with Crippen molar-refractivity contribution in [3.05, 3.63) is 0 Å². The highest BCUT2D eigenvalue weighted by Gasteiger charge is 2.17. The van der Waals surface area contributed by atoms with E-state index >= 15 is 0 Å². The van der Waals surface area contributed by atoms with E-state index in [0.29, 0.717) is 0 Å². The number of likely N-dealkylation sites (tertiary alicyclic amines) is 1. The predicted molar refractivity (Wildman–Crippen MR) is 54.5 cm³/mol. The quantitative estimate of drug-likeness (QED) is 0.607. The summed E-state index contributed by atoms with van der Waals surface area (Å²) in [5.74, 6) is 3.46. The van der Waals surface area contributed by atoms with Gasteiger partial charge in [0.1, 0.15) is 0 Å². The Labute approximate surface area is 81.3 Å². The molecule has 13 heavy (non-hydrogen) atoms. The van der Waals surface area contributed by atoms with Gasteiger partial charge in [-0.3, -0.25) is 0 Å². The number of hydrogen-bond donors (Lipinski definition) is 0. The van der Waals surface area contributed by atoms with Crippen LogP contribution in [0.15, 0.2) is 0 Å². The van der Waals surface area contributed by atoms with Crippen LogP contribution >= 0.6 is 0 Å². The molecule has 0 N–H and O–H groups in total. The molecule has 2 nitrogen and oxygen atoms in total. The van der Waals surface area contributed by atoms with Crippen molar-refractivity contribution < 1.29 is 4.74 Å². The van der Waals surface area contributed by atoms with Gasteiger partial charge in [-0.2, -0.15) is 0 Å². The summed E-state index contributed by atoms with van der Waals surface area (Å²) in [7, 11) is 1.78. The fraction of sp³-hybridized carbons (Fsp3) is 0.818. The monoisotopic (exact) mass is 181 g/mol. The Balaban J connectivity index is 2.12. The molecule has 0 amide bonds. The molecule has 0 unspecified atom stereocenters. The zero-order valence-electron chi connectivity index (χ0n) is 8.46. The number of piperidine rings is 1. The van der Waals surface area contributed by atoms with Gasteiger partial charge in [-0.15, -0.1) is 12.3 Å². The van der Waals surface area contributed by atoms with E-state index < -0.39 is 0 Å². The Morgan fingerprint density at radius 1 is 1.46 bits per heavy atom. The van der Waals surface area contributed by atoms with Crippen LogP contribution < -0.4 is 0 Å². The van der Waals surface area contributed by atoms with Gasteiger partial charge in [-0.05, 0) is 31.8 Å². The highest BCUT2D eigenvalue weighted by atomic mass is 16.5. The van der Waals surface area contributed by atoms with Gasteiger partial charge < -0.3 is 9.64 Å². The molecule has 1 aliphatic heterocycles. The number of terminal acetylenes is 1. The Bertz CT molecular complexity index is 165. The third-order valence-electron chi connectivity index (χ3n) is 2.68. The smallest absolute Gasteiger partial charge is 0.0491 e. The summed E-state index contributed by atoms with van der Waals surface area (Å²) < 4.78 is 5.15. The molecule has 0 spiro atoms. The van der Waals surface area contributed by atoms with E-state index in [1.807, 2.05) is 0 Å². The summed E-state index contributed by atoms with van der Waals surface area (Å²) in [5.41, 5.74) is 0. The van der Waals surface area contributed by atoms with Gasteiger partial charge in [-0.25, -0.2) is 0 Å². The molecule has 1 aliphatic rings. The number of methoxy groups -OCH3 is 1. The van der Waals surface area contributed by atoms with E-state index in [1.54, 1.807) is 7.11 Å². The van der Waals surface area contributed by atoms with Crippen molar-refractivity contribution in [2.45, 2.75) is 19.3 Å². The van der Waals surface area contributed by atoms with Crippen LogP contribution in [0.3, 0.4) is 0 Å². The SMILES string of the molecule is C#CCCN1CCC(COC)CC1. The maximum atomic E-state index is 5.22. The van der Waals surface area contributed by atoms with Crippen molar-refractivity contribution >= 4 is 0 Å². The average Bonchev–Trinajstić information content (AvgIpc) is 2.17. The lowest BCUT2D eigenvalue weighted by Crippen LogP contribution is -2.35. The first kappa shape index (κ1) is 10.6. The summed E-state index contributed by atoms with van der Waals surface area (Å²) in [4.78, 5) is 2.45. The van der Waals surface area contributed by atoms with Crippen molar-refractivity contribution in [2.75, 3.05) is 33.4 Å². The first-order valence-corrected chi connectivity index (χ1v) is 5.01. The zero-order chi connectivity index (χ0) is 9.52. The zero-order valence-corrected chi connectivity index (χ0v) is 8.46. The fourth-order valence-electron chi connectivity index (χ4n) is 1.84. The van der Waals surface area contributed by atoms with Gasteiger partial charge in [-0.1, -0.05) is 0 Å². The summed E-state index contributed by atoms with van der Waals surface area (Å²) in [6, 6.07) is 0. The minimum Gasteiger partial charge on any atom is -0.384 e. The van der Waals surface area contributed by atoms with E-state index in [9.17, 15) is 0 Å². The normalized spacial score (nSPS) is 20.0. The first-order valence-electron chi connectivity index (χ1n) is 5.01. The largest absolute Gasteiger partial charge is 0.384 e. The summed E-state index contributed by atoms with van der Waals surface area (Å²) in [6.45, 7) is 4.37. The van der Waals surface area contributed by atoms with Crippen LogP contribution in [0.25, 0.3) is 0 Å². The molecule has 74 valence electrons. The topological polar surface area (TPSA) is 12.5 Å². The highest BCUT2D eigenvalue weighted by molar-refractivity contribution is 4.85. The molecule has 1 saturated heterocycles. The minimum atomic E-state index is 0.770. The summed E-state index contributed by atoms with van der Waals surface area (Å²) >= 11 is 0. The second kappa shape index (κ2) is 6.01. The first-order chi connectivity index (χ1) is 6.36. The maximum absolute atomic E-state index is 5.22. The van der Waals surface area contributed by atoms with Gasteiger partial charge in [0.05, 0.1) is 0 Å². The lowest BCUT2D eigenvalue weighted by atomic mass is 9.98. The third-order valence-corrected chi connectivity index (χ3v) is 2.68. The van der Waals surface area contributed by atoms with Gasteiger partial charge in [0, 0.05) is 26.7 Å². The van der Waals surface area contributed by atoms with Gasteiger partial charge in [0.2, 0.25) is 0 Å². The fourth-order valence-corrected chi connectivity index (χ4v) is 1.84. The molecule has 0 aromatic rings. The molecule has 0 bridgehead atoms. The second-order valence-electron chi connectivity index (χ2n) is 3.69. The molecule has 2 heteroatoms. The highest BCUT2D eigenvalue weighted by Crippen LogP contribution is 2.16. The van der Waals surface area contributed by atoms with Crippen LogP contribution in [0.4, 0.5) is 0 Å². The van der Waals surface area contributed by atoms with Crippen molar-refractivity contribution in [3.63, 3.8) is 0 Å². The average molecular weight is 181 g/mol. The number of nitrogens with zero attached hydrogens (tertiary/aromatic N) is 1. The predicted octanol–water partition coefficient (Wildman–Crippen LogP) is 1.37. The molecule has 1 heterocycles. The molecule has 0 atom stereocenters. The standard InChI is InChI=1S/C11H19NO/c1-3-4-7-12-8-5-11(6-9-12)10-13-2/h1,11H,4-10H2,2H3. The second-order valence-corrected chi connectivity index (χ2v) is 3.69. The van der Waals surface area contributed by atoms with Gasteiger partial charge >= 0.3 is 0 Å². The Morgan fingerprint density at radius 2 is 2.15 bits per heavy atom. The van der Waals surface area contributed by atoms with Crippen molar-refractivity contribution in [1.82, 2.24) is 4.90 Å². The molecular formula is C11H19NO. The van der Waals surface area contributed by atoms with Crippen LogP contribution in [-0.2, 0) is 4.74 Å². The van der Waals surface area contributed by atoms with Crippen molar-refractivity contribution in [3.8, 4) is 12.3 Å². The molecular weight excluding hydrogens is 162 g/mol. The number of ether oxygens (including phenoxy) is 1. The molecule has 1 rings (SSSR count). The lowest BCUT2D eigenvalue weighted by molar-refractivity contribution is 0.100.